The zero-order chi connectivity index (χ0) is 23.9. The third-order valence-electron chi connectivity index (χ3n) is 8.82. The fourth-order valence-electron chi connectivity index (χ4n) is 5.65. The van der Waals surface area contributed by atoms with Crippen LogP contribution in [0, 0.1) is 38.5 Å². The Bertz CT molecular complexity index is 1380. The van der Waals surface area contributed by atoms with Crippen molar-refractivity contribution in [3.63, 3.8) is 0 Å². The van der Waals surface area contributed by atoms with Crippen molar-refractivity contribution in [2.45, 2.75) is 87.1 Å². The second-order valence-corrected chi connectivity index (χ2v) is 12.1. The second-order valence-electron chi connectivity index (χ2n) is 12.1. The first-order valence-electron chi connectivity index (χ1n) is 12.2. The molecule has 1 atom stereocenters. The van der Waals surface area contributed by atoms with Crippen LogP contribution in [0.5, 0.6) is 0 Å². The molecule has 8 bridgehead atoms. The minimum absolute atomic E-state index is 0.0115. The number of H-pyrrole nitrogens is 2. The summed E-state index contributed by atoms with van der Waals surface area (Å²) in [5.41, 5.74) is 11.2. The average molecular weight is 443 g/mol. The molecule has 174 valence electrons. The van der Waals surface area contributed by atoms with E-state index in [2.05, 4.69) is 90.5 Å². The molecule has 0 amide bonds. The number of hydrogen-bond acceptors (Lipinski definition) is 2. The van der Waals surface area contributed by atoms with Crippen LogP contribution in [0.1, 0.15) is 81.1 Å². The Labute approximate surface area is 197 Å². The summed E-state index contributed by atoms with van der Waals surface area (Å²) in [7, 11) is 0. The van der Waals surface area contributed by atoms with Crippen LogP contribution in [0.2, 0.25) is 0 Å². The maximum absolute atomic E-state index is 5.35. The third-order valence-corrected chi connectivity index (χ3v) is 8.82. The molecule has 5 heterocycles. The van der Waals surface area contributed by atoms with Gasteiger partial charge in [-0.05, 0) is 86.9 Å². The molecule has 0 spiro atoms. The summed E-state index contributed by atoms with van der Waals surface area (Å²) in [6.45, 7) is 20.5. The fourth-order valence-corrected chi connectivity index (χ4v) is 5.65. The maximum atomic E-state index is 5.35. The highest BCUT2D eigenvalue weighted by atomic mass is 15.0. The average Bonchev–Trinajstić information content (AvgIpc) is 3.30. The van der Waals surface area contributed by atoms with E-state index in [4.69, 9.17) is 9.98 Å². The molecule has 2 N–H and O–H groups in total. The van der Waals surface area contributed by atoms with Crippen molar-refractivity contribution in [3.8, 4) is 0 Å². The molecule has 0 aromatic carbocycles. The smallest absolute Gasteiger partial charge is 0.0692 e. The van der Waals surface area contributed by atoms with E-state index in [1.807, 2.05) is 0 Å². The fraction of sp³-hybridized carbons (Fsp3) is 0.517. The van der Waals surface area contributed by atoms with Gasteiger partial charge in [0.25, 0.3) is 0 Å². The number of nitrogens with one attached hydrogen (secondary N) is 2. The number of hydrogen-bond donors (Lipinski definition) is 2. The Morgan fingerprint density at radius 3 is 2.06 bits per heavy atom. The highest BCUT2D eigenvalue weighted by Crippen LogP contribution is 2.47. The first-order valence-corrected chi connectivity index (χ1v) is 12.2. The van der Waals surface area contributed by atoms with Gasteiger partial charge in [0.05, 0.1) is 5.54 Å². The molecule has 0 saturated heterocycles. The molecule has 2 aromatic rings. The summed E-state index contributed by atoms with van der Waals surface area (Å²) in [5, 5.41) is 2.33. The minimum atomic E-state index is -0.163. The van der Waals surface area contributed by atoms with Crippen LogP contribution in [-0.2, 0) is 6.42 Å². The van der Waals surface area contributed by atoms with Crippen LogP contribution in [0.3, 0.4) is 0 Å². The Hall–Kier alpha value is -2.62. The third kappa shape index (κ3) is 3.41. The maximum Gasteiger partial charge on any atom is 0.0692 e. The van der Waals surface area contributed by atoms with Crippen molar-refractivity contribution < 1.29 is 0 Å². The van der Waals surface area contributed by atoms with Gasteiger partial charge < -0.3 is 9.97 Å². The van der Waals surface area contributed by atoms with E-state index >= 15 is 0 Å². The molecule has 33 heavy (non-hydrogen) atoms. The van der Waals surface area contributed by atoms with Gasteiger partial charge in [0.15, 0.2) is 0 Å². The molecule has 0 aliphatic carbocycles. The van der Waals surface area contributed by atoms with Crippen LogP contribution < -0.4 is 10.7 Å². The second kappa shape index (κ2) is 6.94. The number of aromatic amines is 2. The van der Waals surface area contributed by atoms with Gasteiger partial charge in [0.1, 0.15) is 0 Å². The number of nitrogens with zero attached hydrogens (tertiary/aromatic N) is 2. The van der Waals surface area contributed by atoms with Crippen molar-refractivity contribution in [2.24, 2.45) is 20.8 Å². The Morgan fingerprint density at radius 2 is 1.36 bits per heavy atom. The zero-order valence-electron chi connectivity index (χ0n) is 21.7. The highest BCUT2D eigenvalue weighted by Gasteiger charge is 2.47. The summed E-state index contributed by atoms with van der Waals surface area (Å²) in [6, 6.07) is 0. The van der Waals surface area contributed by atoms with Crippen molar-refractivity contribution in [2.75, 3.05) is 0 Å². The van der Waals surface area contributed by atoms with E-state index in [1.165, 1.54) is 44.7 Å². The SMILES string of the molecule is Cc1c2[nH]c(c1C)CC1(C)N=C(/C=C3N=C(/C=c4\[nH]/c(c(C)c4C)=C\2)CC\3(C)C)CC1(C)C. The molecular formula is C29H38N4. The lowest BCUT2D eigenvalue weighted by Crippen LogP contribution is -2.39. The van der Waals surface area contributed by atoms with E-state index < -0.39 is 0 Å². The number of aromatic nitrogens is 2. The molecule has 5 rings (SSSR count). The topological polar surface area (TPSA) is 56.3 Å². The molecule has 1 unspecified atom stereocenters. The van der Waals surface area contributed by atoms with Crippen LogP contribution in [0.4, 0.5) is 0 Å². The van der Waals surface area contributed by atoms with Gasteiger partial charge in [-0.3, -0.25) is 9.98 Å². The van der Waals surface area contributed by atoms with Crippen LogP contribution >= 0.6 is 0 Å². The molecule has 3 aliphatic heterocycles. The molecule has 4 nitrogen and oxygen atoms in total. The Kier molecular flexibility index (Phi) is 4.67. The lowest BCUT2D eigenvalue weighted by Gasteiger charge is -2.36. The van der Waals surface area contributed by atoms with Gasteiger partial charge in [-0.1, -0.05) is 27.7 Å². The number of allylic oxidation sites excluding steroid dienone is 2. The van der Waals surface area contributed by atoms with Gasteiger partial charge in [-0.15, -0.1) is 0 Å². The van der Waals surface area contributed by atoms with Crippen LogP contribution in [-0.4, -0.2) is 26.9 Å². The van der Waals surface area contributed by atoms with Gasteiger partial charge >= 0.3 is 0 Å². The summed E-state index contributed by atoms with van der Waals surface area (Å²) < 4.78 is 0. The van der Waals surface area contributed by atoms with Gasteiger partial charge in [-0.25, -0.2) is 0 Å². The summed E-state index contributed by atoms with van der Waals surface area (Å²) in [6.07, 6.45) is 9.64. The number of rotatable bonds is 0. The highest BCUT2D eigenvalue weighted by molar-refractivity contribution is 6.13. The standard InChI is InChI=1S/C29H38N4/c1-16-17(2)23-12-24-18(3)19(4)25(32-24)15-29(9)28(7,8)14-21(33-29)11-26-27(5,6)13-20(30-26)10-22(16)31-23/h10-12,31-32H,13-15H2,1-9H3/b22-10-,23-12-,26-11-. The van der Waals surface area contributed by atoms with E-state index in [1.54, 1.807) is 0 Å². The quantitative estimate of drug-likeness (QED) is 0.569. The van der Waals surface area contributed by atoms with Gasteiger partial charge in [0.2, 0.25) is 0 Å². The lowest BCUT2D eigenvalue weighted by atomic mass is 9.70. The first-order chi connectivity index (χ1) is 15.3. The van der Waals surface area contributed by atoms with Gasteiger partial charge in [0, 0.05) is 57.5 Å². The molecule has 2 aromatic heterocycles. The molecule has 0 radical (unpaired) electrons. The van der Waals surface area contributed by atoms with E-state index in [9.17, 15) is 0 Å². The van der Waals surface area contributed by atoms with Crippen molar-refractivity contribution in [3.05, 3.63) is 56.1 Å². The predicted octanol–water partition coefficient (Wildman–Crippen LogP) is 5.13. The van der Waals surface area contributed by atoms with Crippen molar-refractivity contribution in [1.82, 2.24) is 9.97 Å². The number of fused-ring (bicyclic) bond motifs is 6. The normalized spacial score (nSPS) is 28.8. The molecular weight excluding hydrogens is 404 g/mol. The first kappa shape index (κ1) is 22.2. The van der Waals surface area contributed by atoms with Crippen LogP contribution in [0.25, 0.3) is 12.2 Å². The largest absolute Gasteiger partial charge is 0.358 e. The monoisotopic (exact) mass is 442 g/mol. The summed E-state index contributed by atoms with van der Waals surface area (Å²) in [4.78, 5) is 17.9. The molecule has 3 aliphatic rings. The molecule has 4 heteroatoms. The van der Waals surface area contributed by atoms with Crippen molar-refractivity contribution in [1.29, 1.82) is 0 Å². The zero-order valence-corrected chi connectivity index (χ0v) is 21.7. The lowest BCUT2D eigenvalue weighted by molar-refractivity contribution is 0.214. The van der Waals surface area contributed by atoms with E-state index in [-0.39, 0.29) is 16.4 Å². The summed E-state index contributed by atoms with van der Waals surface area (Å²) >= 11 is 0. The summed E-state index contributed by atoms with van der Waals surface area (Å²) in [5.74, 6) is 0. The van der Waals surface area contributed by atoms with E-state index in [0.29, 0.717) is 0 Å². The molecule has 0 fully saturated rings. The number of aliphatic imine (C=N–C) groups is 2. The molecule has 0 saturated carbocycles. The van der Waals surface area contributed by atoms with Gasteiger partial charge in [-0.2, -0.15) is 0 Å². The Balaban J connectivity index is 1.80. The Morgan fingerprint density at radius 1 is 0.697 bits per heavy atom. The van der Waals surface area contributed by atoms with E-state index in [0.717, 1.165) is 36.0 Å². The minimum Gasteiger partial charge on any atom is -0.358 e. The van der Waals surface area contributed by atoms with Crippen LogP contribution in [0.15, 0.2) is 21.8 Å². The van der Waals surface area contributed by atoms with Crippen molar-refractivity contribution >= 4 is 23.6 Å². The predicted molar refractivity (Wildman–Crippen MR) is 140 cm³/mol.